The Morgan fingerprint density at radius 2 is 1.62 bits per heavy atom. The number of carbonyl (C=O) groups excluding carboxylic acids is 2. The minimum Gasteiger partial charge on any atom is -0.480 e. The van der Waals surface area contributed by atoms with E-state index in [2.05, 4.69) is 0 Å². The van der Waals surface area contributed by atoms with E-state index in [1.54, 1.807) is 6.92 Å². The van der Waals surface area contributed by atoms with Crippen LogP contribution in [0.25, 0.3) is 11.1 Å². The molecule has 2 N–H and O–H groups in total. The molecule has 0 aliphatic heterocycles. The third-order valence-electron chi connectivity index (χ3n) is 5.22. The number of hydrogen-bond donors (Lipinski definition) is 2. The zero-order chi connectivity index (χ0) is 23.3. The molecule has 0 spiro atoms. The summed E-state index contributed by atoms with van der Waals surface area (Å²) in [6.07, 6.45) is -0.769. The molecular formula is C23H24F2N2O5. The Kier molecular flexibility index (Phi) is 7.07. The van der Waals surface area contributed by atoms with Gasteiger partial charge in [-0.2, -0.15) is 8.78 Å². The highest BCUT2D eigenvalue weighted by Gasteiger charge is 2.43. The van der Waals surface area contributed by atoms with Crippen LogP contribution < -0.4 is 5.32 Å². The number of alkyl halides is 2. The van der Waals surface area contributed by atoms with Crippen LogP contribution in [0.3, 0.4) is 0 Å². The van der Waals surface area contributed by atoms with Crippen molar-refractivity contribution >= 4 is 18.0 Å². The van der Waals surface area contributed by atoms with Crippen molar-refractivity contribution in [3.05, 3.63) is 59.7 Å². The summed E-state index contributed by atoms with van der Waals surface area (Å²) in [5, 5.41) is 10.7. The molecule has 0 heterocycles. The third-order valence-corrected chi connectivity index (χ3v) is 5.22. The lowest BCUT2D eigenvalue weighted by atomic mass is 9.98. The fourth-order valence-corrected chi connectivity index (χ4v) is 3.83. The van der Waals surface area contributed by atoms with Crippen LogP contribution in [0.5, 0.6) is 0 Å². The van der Waals surface area contributed by atoms with Crippen molar-refractivity contribution in [2.45, 2.75) is 25.2 Å². The first-order valence-electron chi connectivity index (χ1n) is 10.2. The van der Waals surface area contributed by atoms with Crippen LogP contribution in [-0.2, 0) is 14.3 Å². The number of carbonyl (C=O) groups is 3. The van der Waals surface area contributed by atoms with Crippen molar-refractivity contribution in [1.29, 1.82) is 0 Å². The monoisotopic (exact) mass is 446 g/mol. The van der Waals surface area contributed by atoms with E-state index in [0.717, 1.165) is 22.3 Å². The number of nitrogens with one attached hydrogen (secondary N) is 1. The SMILES string of the molecule is CCCN(CC(=O)O)C(=O)C(F)(F)CNC(=O)OCC1c2ccccc2-c2ccccc21. The Morgan fingerprint density at radius 3 is 2.16 bits per heavy atom. The number of rotatable bonds is 9. The third kappa shape index (κ3) is 5.04. The van der Waals surface area contributed by atoms with Crippen molar-refractivity contribution in [3.63, 3.8) is 0 Å². The smallest absolute Gasteiger partial charge is 0.407 e. The van der Waals surface area contributed by atoms with E-state index < -0.39 is 37.0 Å². The van der Waals surface area contributed by atoms with Gasteiger partial charge in [0, 0.05) is 12.5 Å². The molecule has 7 nitrogen and oxygen atoms in total. The van der Waals surface area contributed by atoms with Crippen molar-refractivity contribution in [3.8, 4) is 11.1 Å². The molecule has 0 fully saturated rings. The summed E-state index contributed by atoms with van der Waals surface area (Å²) in [5.74, 6) is -7.24. The Morgan fingerprint density at radius 1 is 1.06 bits per heavy atom. The van der Waals surface area contributed by atoms with Crippen molar-refractivity contribution < 1.29 is 33.0 Å². The Labute approximate surface area is 184 Å². The molecule has 0 atom stereocenters. The van der Waals surface area contributed by atoms with Gasteiger partial charge in [0.05, 0.1) is 6.54 Å². The molecule has 1 aliphatic carbocycles. The molecule has 2 aromatic rings. The molecule has 2 amide bonds. The second-order valence-electron chi connectivity index (χ2n) is 7.50. The highest BCUT2D eigenvalue weighted by molar-refractivity contribution is 5.87. The number of ether oxygens (including phenoxy) is 1. The van der Waals surface area contributed by atoms with Gasteiger partial charge < -0.3 is 20.1 Å². The van der Waals surface area contributed by atoms with E-state index in [9.17, 15) is 23.2 Å². The summed E-state index contributed by atoms with van der Waals surface area (Å²) in [7, 11) is 0. The van der Waals surface area contributed by atoms with Gasteiger partial charge in [-0.15, -0.1) is 0 Å². The molecule has 3 rings (SSSR count). The van der Waals surface area contributed by atoms with E-state index >= 15 is 0 Å². The largest absolute Gasteiger partial charge is 0.480 e. The van der Waals surface area contributed by atoms with E-state index in [1.807, 2.05) is 53.8 Å². The number of nitrogens with zero attached hydrogens (tertiary/aromatic N) is 1. The van der Waals surface area contributed by atoms with E-state index in [-0.39, 0.29) is 19.1 Å². The summed E-state index contributed by atoms with van der Waals surface area (Å²) >= 11 is 0. The quantitative estimate of drug-likeness (QED) is 0.615. The normalized spacial score (nSPS) is 12.6. The van der Waals surface area contributed by atoms with Crippen molar-refractivity contribution in [2.24, 2.45) is 0 Å². The molecule has 0 radical (unpaired) electrons. The van der Waals surface area contributed by atoms with Crippen LogP contribution in [0.2, 0.25) is 0 Å². The molecule has 9 heteroatoms. The predicted molar refractivity (Wildman–Crippen MR) is 113 cm³/mol. The van der Waals surface area contributed by atoms with Crippen LogP contribution in [0.1, 0.15) is 30.4 Å². The molecule has 0 aromatic heterocycles. The molecule has 0 saturated heterocycles. The summed E-state index contributed by atoms with van der Waals surface area (Å²) in [4.78, 5) is 35.5. The van der Waals surface area contributed by atoms with Gasteiger partial charge in [0.1, 0.15) is 13.2 Å². The maximum Gasteiger partial charge on any atom is 0.407 e. The van der Waals surface area contributed by atoms with Gasteiger partial charge in [-0.3, -0.25) is 9.59 Å². The summed E-state index contributed by atoms with van der Waals surface area (Å²) in [6, 6.07) is 15.4. The maximum absolute atomic E-state index is 14.3. The van der Waals surface area contributed by atoms with E-state index in [4.69, 9.17) is 9.84 Å². The topological polar surface area (TPSA) is 95.9 Å². The Balaban J connectivity index is 1.59. The molecule has 1 aliphatic rings. The number of benzene rings is 2. The second kappa shape index (κ2) is 9.76. The van der Waals surface area contributed by atoms with Gasteiger partial charge in [0.15, 0.2) is 0 Å². The van der Waals surface area contributed by atoms with E-state index in [0.29, 0.717) is 11.3 Å². The lowest BCUT2D eigenvalue weighted by molar-refractivity contribution is -0.160. The van der Waals surface area contributed by atoms with Gasteiger partial charge in [-0.1, -0.05) is 55.5 Å². The number of fused-ring (bicyclic) bond motifs is 3. The van der Waals surface area contributed by atoms with Gasteiger partial charge in [0.25, 0.3) is 5.91 Å². The first-order valence-corrected chi connectivity index (χ1v) is 10.2. The molecule has 32 heavy (non-hydrogen) atoms. The number of carboxylic acids is 1. The molecule has 0 bridgehead atoms. The maximum atomic E-state index is 14.3. The molecule has 0 saturated carbocycles. The first-order chi connectivity index (χ1) is 15.2. The number of aliphatic carboxylic acids is 1. The molecule has 2 aromatic carbocycles. The second-order valence-corrected chi connectivity index (χ2v) is 7.50. The van der Waals surface area contributed by atoms with Gasteiger partial charge >= 0.3 is 18.0 Å². The fourth-order valence-electron chi connectivity index (χ4n) is 3.83. The number of carboxylic acid groups (broad SMARTS) is 1. The number of halogens is 2. The van der Waals surface area contributed by atoms with Gasteiger partial charge in [0.2, 0.25) is 0 Å². The fraction of sp³-hybridized carbons (Fsp3) is 0.348. The Bertz CT molecular complexity index is 966. The standard InChI is InChI=1S/C23H24F2N2O5/c1-2-11-27(12-20(28)29)21(30)23(24,25)14-26-22(31)32-13-19-17-9-5-3-7-15(17)16-8-4-6-10-18(16)19/h3-10,19H,2,11-14H2,1H3,(H,26,31)(H,28,29). The zero-order valence-electron chi connectivity index (χ0n) is 17.5. The van der Waals surface area contributed by atoms with Crippen LogP contribution in [0, 0.1) is 0 Å². The number of hydrogen-bond acceptors (Lipinski definition) is 4. The van der Waals surface area contributed by atoms with Crippen molar-refractivity contribution in [2.75, 3.05) is 26.2 Å². The molecule has 0 unspecified atom stereocenters. The Hall–Kier alpha value is -3.49. The molecular weight excluding hydrogens is 422 g/mol. The summed E-state index contributed by atoms with van der Waals surface area (Å²) in [6.45, 7) is -0.684. The lowest BCUT2D eigenvalue weighted by Gasteiger charge is -2.25. The van der Waals surface area contributed by atoms with Gasteiger partial charge in [-0.25, -0.2) is 4.79 Å². The minimum absolute atomic E-state index is 0.0552. The highest BCUT2D eigenvalue weighted by atomic mass is 19.3. The van der Waals surface area contributed by atoms with Crippen LogP contribution in [-0.4, -0.2) is 60.1 Å². The summed E-state index contributed by atoms with van der Waals surface area (Å²) < 4.78 is 33.7. The average Bonchev–Trinajstić information content (AvgIpc) is 3.09. The predicted octanol–water partition coefficient (Wildman–Crippen LogP) is 3.48. The van der Waals surface area contributed by atoms with Crippen LogP contribution >= 0.6 is 0 Å². The van der Waals surface area contributed by atoms with Crippen LogP contribution in [0.15, 0.2) is 48.5 Å². The highest BCUT2D eigenvalue weighted by Crippen LogP contribution is 2.44. The lowest BCUT2D eigenvalue weighted by Crippen LogP contribution is -2.51. The van der Waals surface area contributed by atoms with E-state index in [1.165, 1.54) is 0 Å². The molecule has 170 valence electrons. The van der Waals surface area contributed by atoms with Crippen molar-refractivity contribution in [1.82, 2.24) is 10.2 Å². The number of amides is 2. The average molecular weight is 446 g/mol. The van der Waals surface area contributed by atoms with Crippen LogP contribution in [0.4, 0.5) is 13.6 Å². The zero-order valence-corrected chi connectivity index (χ0v) is 17.5. The minimum atomic E-state index is -3.96. The summed E-state index contributed by atoms with van der Waals surface area (Å²) in [5.41, 5.74) is 4.02. The number of alkyl carbamates (subject to hydrolysis) is 1. The first kappa shape index (κ1) is 23.2. The van der Waals surface area contributed by atoms with Gasteiger partial charge in [-0.05, 0) is 28.7 Å².